The predicted molar refractivity (Wildman–Crippen MR) is 43.2 cm³/mol. The van der Waals surface area contributed by atoms with Crippen LogP contribution in [-0.4, -0.2) is 5.09 Å². The summed E-state index contributed by atoms with van der Waals surface area (Å²) in [6.07, 6.45) is -3.89. The minimum absolute atomic E-state index is 0.542. The Morgan fingerprint density at radius 3 is 2.29 bits per heavy atom. The molecule has 0 radical (unpaired) electrons. The molecule has 4 nitrogen and oxygen atoms in total. The average Bonchev–Trinajstić information content (AvgIpc) is 2.02. The second kappa shape index (κ2) is 3.57. The Kier molecular flexibility index (Phi) is 2.64. The summed E-state index contributed by atoms with van der Waals surface area (Å²) in [6.45, 7) is 1.72. The molecule has 0 aliphatic heterocycles. The van der Waals surface area contributed by atoms with Crippen LogP contribution in [0.15, 0.2) is 24.3 Å². The Labute approximate surface area is 78.2 Å². The van der Waals surface area contributed by atoms with Crippen molar-refractivity contribution in [2.75, 3.05) is 0 Å². The summed E-state index contributed by atoms with van der Waals surface area (Å²) in [7, 11) is 0. The molecule has 0 heterocycles. The number of aryl methyl sites for hydroxylation is 1. The zero-order chi connectivity index (χ0) is 10.8. The van der Waals surface area contributed by atoms with Gasteiger partial charge in [0.1, 0.15) is 0 Å². The molecule has 0 amide bonds. The molecule has 0 aromatic heterocycles. The lowest BCUT2D eigenvalue weighted by molar-refractivity contribution is -0.806. The van der Waals surface area contributed by atoms with Crippen LogP contribution in [0.25, 0.3) is 0 Å². The van der Waals surface area contributed by atoms with Crippen LogP contribution in [0.5, 0.6) is 0 Å². The molecule has 76 valence electrons. The number of alkyl halides is 2. The smallest absolute Gasteiger partial charge is 0.232 e. The number of hydrogen-bond acceptors (Lipinski definition) is 3. The monoisotopic (exact) mass is 203 g/mol. The van der Waals surface area contributed by atoms with Crippen LogP contribution in [0.1, 0.15) is 11.1 Å². The average molecular weight is 203 g/mol. The normalized spacial score (nSPS) is 11.1. The second-order valence-electron chi connectivity index (χ2n) is 2.70. The number of halogens is 2. The lowest BCUT2D eigenvalue weighted by Crippen LogP contribution is -2.21. The maximum Gasteiger partial charge on any atom is 0.419 e. The molecule has 14 heavy (non-hydrogen) atoms. The van der Waals surface area contributed by atoms with Gasteiger partial charge in [0, 0.05) is 5.56 Å². The first-order chi connectivity index (χ1) is 6.42. The summed E-state index contributed by atoms with van der Waals surface area (Å²) in [4.78, 5) is 13.0. The second-order valence-corrected chi connectivity index (χ2v) is 2.70. The largest absolute Gasteiger partial charge is 0.419 e. The molecular formula is C8H7F2NO3. The van der Waals surface area contributed by atoms with Gasteiger partial charge in [0.15, 0.2) is 0 Å². The summed E-state index contributed by atoms with van der Waals surface area (Å²) >= 11 is 0. The van der Waals surface area contributed by atoms with E-state index in [9.17, 15) is 18.9 Å². The van der Waals surface area contributed by atoms with Crippen molar-refractivity contribution in [3.05, 3.63) is 45.5 Å². The lowest BCUT2D eigenvalue weighted by Gasteiger charge is -2.13. The molecule has 0 fully saturated rings. The number of rotatable bonds is 3. The van der Waals surface area contributed by atoms with Crippen LogP contribution in [0.4, 0.5) is 8.78 Å². The first kappa shape index (κ1) is 10.4. The van der Waals surface area contributed by atoms with Crippen molar-refractivity contribution in [1.82, 2.24) is 0 Å². The highest BCUT2D eigenvalue weighted by atomic mass is 19.3. The third-order valence-electron chi connectivity index (χ3n) is 1.58. The fraction of sp³-hybridized carbons (Fsp3) is 0.250. The molecule has 0 aliphatic rings. The van der Waals surface area contributed by atoms with Gasteiger partial charge in [0.25, 0.3) is 0 Å². The topological polar surface area (TPSA) is 52.4 Å². The van der Waals surface area contributed by atoms with Crippen LogP contribution in [0.2, 0.25) is 0 Å². The Morgan fingerprint density at radius 2 is 1.86 bits per heavy atom. The van der Waals surface area contributed by atoms with Crippen LogP contribution in [0.3, 0.4) is 0 Å². The van der Waals surface area contributed by atoms with Gasteiger partial charge in [0.2, 0.25) is 0 Å². The highest BCUT2D eigenvalue weighted by Gasteiger charge is 2.36. The highest BCUT2D eigenvalue weighted by Crippen LogP contribution is 2.29. The molecule has 1 rings (SSSR count). The van der Waals surface area contributed by atoms with Crippen molar-refractivity contribution in [3.8, 4) is 0 Å². The van der Waals surface area contributed by atoms with Gasteiger partial charge in [-0.25, -0.2) is 4.84 Å². The molecule has 0 saturated carbocycles. The predicted octanol–water partition coefficient (Wildman–Crippen LogP) is 2.25. The summed E-state index contributed by atoms with van der Waals surface area (Å²) in [5.41, 5.74) is 0.241. The Balaban J connectivity index is 2.91. The molecule has 6 heteroatoms. The summed E-state index contributed by atoms with van der Waals surface area (Å²) in [5, 5.41) is 8.24. The van der Waals surface area contributed by atoms with Gasteiger partial charge in [-0.3, -0.25) is 0 Å². The first-order valence-corrected chi connectivity index (χ1v) is 3.70. The van der Waals surface area contributed by atoms with E-state index in [1.807, 2.05) is 0 Å². The Hall–Kier alpha value is -1.72. The zero-order valence-electron chi connectivity index (χ0n) is 7.24. The Morgan fingerprint density at radius 1 is 1.36 bits per heavy atom. The quantitative estimate of drug-likeness (QED) is 0.559. The van der Waals surface area contributed by atoms with Crippen LogP contribution >= 0.6 is 0 Å². The SMILES string of the molecule is Cc1ccc(C(F)(F)O[N+](=O)[O-])cc1. The molecule has 1 aromatic rings. The minimum Gasteiger partial charge on any atom is -0.232 e. The van der Waals surface area contributed by atoms with Crippen LogP contribution in [-0.2, 0) is 10.9 Å². The van der Waals surface area contributed by atoms with E-state index in [4.69, 9.17) is 0 Å². The summed E-state index contributed by atoms with van der Waals surface area (Å²) < 4.78 is 25.7. The van der Waals surface area contributed by atoms with Gasteiger partial charge < -0.3 is 0 Å². The third kappa shape index (κ3) is 2.38. The number of nitrogens with zero attached hydrogens (tertiary/aromatic N) is 1. The van der Waals surface area contributed by atoms with E-state index in [0.717, 1.165) is 17.7 Å². The van der Waals surface area contributed by atoms with Crippen molar-refractivity contribution in [2.24, 2.45) is 0 Å². The first-order valence-electron chi connectivity index (χ1n) is 3.70. The molecular weight excluding hydrogens is 196 g/mol. The molecule has 0 unspecified atom stereocenters. The summed E-state index contributed by atoms with van der Waals surface area (Å²) in [6, 6.07) is 5.01. The van der Waals surface area contributed by atoms with Gasteiger partial charge in [-0.2, -0.15) is 8.78 Å². The Bertz CT molecular complexity index is 337. The van der Waals surface area contributed by atoms with Gasteiger partial charge >= 0.3 is 11.2 Å². The van der Waals surface area contributed by atoms with Crippen LogP contribution in [0, 0.1) is 17.0 Å². The number of benzene rings is 1. The maximum absolute atomic E-state index is 12.9. The third-order valence-corrected chi connectivity index (χ3v) is 1.58. The fourth-order valence-corrected chi connectivity index (χ4v) is 0.894. The lowest BCUT2D eigenvalue weighted by atomic mass is 10.1. The van der Waals surface area contributed by atoms with E-state index >= 15 is 0 Å². The van der Waals surface area contributed by atoms with Crippen LogP contribution < -0.4 is 0 Å². The molecule has 1 aromatic carbocycles. The standard InChI is InChI=1S/C8H7F2NO3/c1-6-2-4-7(5-3-6)8(9,10)14-11(12)13/h2-5H,1H3. The van der Waals surface area contributed by atoms with E-state index in [1.165, 1.54) is 12.1 Å². The van der Waals surface area contributed by atoms with E-state index < -0.39 is 16.8 Å². The molecule has 0 N–H and O–H groups in total. The van der Waals surface area contributed by atoms with Gasteiger partial charge in [-0.1, -0.05) is 29.8 Å². The zero-order valence-corrected chi connectivity index (χ0v) is 7.24. The van der Waals surface area contributed by atoms with E-state index in [2.05, 4.69) is 4.84 Å². The van der Waals surface area contributed by atoms with Crippen molar-refractivity contribution in [1.29, 1.82) is 0 Å². The van der Waals surface area contributed by atoms with Gasteiger partial charge in [0.05, 0.1) is 0 Å². The molecule has 0 spiro atoms. The van der Waals surface area contributed by atoms with Crippen molar-refractivity contribution in [2.45, 2.75) is 13.0 Å². The maximum atomic E-state index is 12.9. The van der Waals surface area contributed by atoms with E-state index in [-0.39, 0.29) is 0 Å². The summed E-state index contributed by atoms with van der Waals surface area (Å²) in [5.74, 6) is 0. The van der Waals surface area contributed by atoms with Crippen molar-refractivity contribution in [3.63, 3.8) is 0 Å². The number of hydrogen-bond donors (Lipinski definition) is 0. The van der Waals surface area contributed by atoms with Crippen molar-refractivity contribution < 1.29 is 18.7 Å². The fourth-order valence-electron chi connectivity index (χ4n) is 0.894. The molecule has 0 atom stereocenters. The van der Waals surface area contributed by atoms with Gasteiger partial charge in [-0.15, -0.1) is 10.1 Å². The van der Waals surface area contributed by atoms with E-state index in [1.54, 1.807) is 6.92 Å². The van der Waals surface area contributed by atoms with Crippen molar-refractivity contribution >= 4 is 0 Å². The molecule has 0 aliphatic carbocycles. The highest BCUT2D eigenvalue weighted by molar-refractivity contribution is 5.23. The molecule has 0 bridgehead atoms. The minimum atomic E-state index is -3.89. The molecule has 0 saturated heterocycles. The van der Waals surface area contributed by atoms with Gasteiger partial charge in [-0.05, 0) is 6.92 Å². The van der Waals surface area contributed by atoms with E-state index in [0.29, 0.717) is 0 Å².